The minimum absolute atomic E-state index is 0.119. The van der Waals surface area contributed by atoms with Gasteiger partial charge >= 0.3 is 0 Å². The molecule has 1 saturated heterocycles. The van der Waals surface area contributed by atoms with Crippen LogP contribution in [0.3, 0.4) is 0 Å². The van der Waals surface area contributed by atoms with Crippen LogP contribution in [0.4, 0.5) is 0 Å². The summed E-state index contributed by atoms with van der Waals surface area (Å²) in [6.07, 6.45) is 0.973. The minimum atomic E-state index is 0.119. The van der Waals surface area contributed by atoms with Crippen molar-refractivity contribution < 1.29 is 9.47 Å². The van der Waals surface area contributed by atoms with Crippen molar-refractivity contribution in [3.8, 4) is 5.75 Å². The van der Waals surface area contributed by atoms with Crippen molar-refractivity contribution in [3.63, 3.8) is 0 Å². The molecule has 0 bridgehead atoms. The van der Waals surface area contributed by atoms with Crippen LogP contribution in [0.25, 0.3) is 0 Å². The van der Waals surface area contributed by atoms with Crippen molar-refractivity contribution in [2.24, 2.45) is 0 Å². The maximum atomic E-state index is 5.96. The van der Waals surface area contributed by atoms with Crippen molar-refractivity contribution in [2.75, 3.05) is 26.2 Å². The topological polar surface area (TPSA) is 18.5 Å². The highest BCUT2D eigenvalue weighted by atomic mass is 35.5. The van der Waals surface area contributed by atoms with Crippen LogP contribution in [0.5, 0.6) is 5.75 Å². The van der Waals surface area contributed by atoms with Crippen molar-refractivity contribution in [1.82, 2.24) is 0 Å². The molecule has 1 fully saturated rings. The van der Waals surface area contributed by atoms with Gasteiger partial charge in [-0.05, 0) is 49.4 Å². The molecule has 0 atom stereocenters. The van der Waals surface area contributed by atoms with Crippen LogP contribution < -0.4 is 4.74 Å². The van der Waals surface area contributed by atoms with Crippen LogP contribution in [-0.4, -0.2) is 26.2 Å². The van der Waals surface area contributed by atoms with E-state index >= 15 is 0 Å². The van der Waals surface area contributed by atoms with Gasteiger partial charge in [0, 0.05) is 11.3 Å². The lowest BCUT2D eigenvalue weighted by atomic mass is 9.73. The number of hydrogen-bond donors (Lipinski definition) is 0. The van der Waals surface area contributed by atoms with Crippen LogP contribution in [0.2, 0.25) is 0 Å². The van der Waals surface area contributed by atoms with Crippen LogP contribution >= 0.6 is 11.6 Å². The molecule has 0 aliphatic carbocycles. The number of aryl methyl sites for hydroxylation is 1. The summed E-state index contributed by atoms with van der Waals surface area (Å²) in [7, 11) is 1.73. The number of halogens is 1. The number of rotatable bonds is 4. The summed E-state index contributed by atoms with van der Waals surface area (Å²) in [6, 6.07) is 2.25. The Bertz CT molecular complexity index is 450. The molecular formula is C15H21ClO2. The Kier molecular flexibility index (Phi) is 3.88. The third kappa shape index (κ3) is 2.02. The zero-order valence-electron chi connectivity index (χ0n) is 11.6. The molecular weight excluding hydrogens is 248 g/mol. The summed E-state index contributed by atoms with van der Waals surface area (Å²) in [5.74, 6) is 1.67. The lowest BCUT2D eigenvalue weighted by molar-refractivity contribution is -0.0619. The zero-order valence-corrected chi connectivity index (χ0v) is 12.4. The molecule has 0 unspecified atom stereocenters. The molecule has 18 heavy (non-hydrogen) atoms. The van der Waals surface area contributed by atoms with Gasteiger partial charge < -0.3 is 9.47 Å². The molecule has 1 heterocycles. The average Bonchev–Trinajstić information content (AvgIpc) is 2.29. The second kappa shape index (κ2) is 5.10. The molecule has 1 aromatic rings. The molecule has 0 N–H and O–H groups in total. The van der Waals surface area contributed by atoms with Gasteiger partial charge in [0.25, 0.3) is 0 Å². The third-order valence-electron chi connectivity index (χ3n) is 4.13. The molecule has 1 aliphatic rings. The minimum Gasteiger partial charge on any atom is -0.496 e. The predicted molar refractivity (Wildman–Crippen MR) is 75.0 cm³/mol. The monoisotopic (exact) mass is 268 g/mol. The Labute approximate surface area is 114 Å². The maximum Gasteiger partial charge on any atom is 0.124 e. The lowest BCUT2D eigenvalue weighted by Crippen LogP contribution is -2.47. The summed E-state index contributed by atoms with van der Waals surface area (Å²) >= 11 is 5.96. The fourth-order valence-corrected chi connectivity index (χ4v) is 3.25. The van der Waals surface area contributed by atoms with E-state index in [4.69, 9.17) is 21.1 Å². The quantitative estimate of drug-likeness (QED) is 0.778. The van der Waals surface area contributed by atoms with Gasteiger partial charge in [0.05, 0.1) is 20.3 Å². The van der Waals surface area contributed by atoms with E-state index in [1.807, 2.05) is 0 Å². The van der Waals surface area contributed by atoms with Crippen molar-refractivity contribution >= 4 is 11.6 Å². The molecule has 2 nitrogen and oxygen atoms in total. The predicted octanol–water partition coefficient (Wildman–Crippen LogP) is 3.52. The summed E-state index contributed by atoms with van der Waals surface area (Å²) < 4.78 is 10.9. The van der Waals surface area contributed by atoms with Crippen LogP contribution in [0, 0.1) is 20.8 Å². The van der Waals surface area contributed by atoms with Gasteiger partial charge in [0.2, 0.25) is 0 Å². The molecule has 2 rings (SSSR count). The molecule has 0 radical (unpaired) electrons. The molecule has 0 spiro atoms. The van der Waals surface area contributed by atoms with Crippen LogP contribution in [0.1, 0.15) is 28.7 Å². The molecule has 0 amide bonds. The number of methoxy groups -OCH3 is 1. The highest BCUT2D eigenvalue weighted by Gasteiger charge is 2.41. The first-order chi connectivity index (χ1) is 8.55. The van der Waals surface area contributed by atoms with E-state index in [-0.39, 0.29) is 5.41 Å². The highest BCUT2D eigenvalue weighted by molar-refractivity contribution is 6.17. The van der Waals surface area contributed by atoms with Gasteiger partial charge in [-0.1, -0.05) is 6.07 Å². The summed E-state index contributed by atoms with van der Waals surface area (Å²) in [5, 5.41) is 0. The Hall–Kier alpha value is -0.730. The number of hydrogen-bond acceptors (Lipinski definition) is 2. The van der Waals surface area contributed by atoms with Gasteiger partial charge in [0.1, 0.15) is 5.75 Å². The van der Waals surface area contributed by atoms with Gasteiger partial charge in [-0.2, -0.15) is 0 Å². The summed E-state index contributed by atoms with van der Waals surface area (Å²) in [6.45, 7) is 7.96. The van der Waals surface area contributed by atoms with E-state index in [0.29, 0.717) is 5.88 Å². The van der Waals surface area contributed by atoms with Gasteiger partial charge in [0.15, 0.2) is 0 Å². The second-order valence-corrected chi connectivity index (χ2v) is 5.61. The molecule has 3 heteroatoms. The molecule has 0 saturated carbocycles. The Morgan fingerprint density at radius 1 is 1.28 bits per heavy atom. The second-order valence-electron chi connectivity index (χ2n) is 5.24. The highest BCUT2D eigenvalue weighted by Crippen LogP contribution is 2.41. The normalized spacial score (nSPS) is 17.4. The summed E-state index contributed by atoms with van der Waals surface area (Å²) in [5.41, 5.74) is 5.23. The molecule has 1 aromatic carbocycles. The number of alkyl halides is 1. The Balaban J connectivity index is 2.51. The SMILES string of the molecule is COc1c(C)cc(C2(CCCl)COC2)c(C)c1C. The van der Waals surface area contributed by atoms with Crippen molar-refractivity contribution in [1.29, 1.82) is 0 Å². The smallest absolute Gasteiger partial charge is 0.124 e. The van der Waals surface area contributed by atoms with Crippen molar-refractivity contribution in [2.45, 2.75) is 32.6 Å². The third-order valence-corrected chi connectivity index (χ3v) is 4.32. The Morgan fingerprint density at radius 3 is 2.39 bits per heavy atom. The first kappa shape index (κ1) is 13.7. The van der Waals surface area contributed by atoms with E-state index in [9.17, 15) is 0 Å². The van der Waals surface area contributed by atoms with Gasteiger partial charge in [-0.25, -0.2) is 0 Å². The fourth-order valence-electron chi connectivity index (χ4n) is 2.89. The standard InChI is InChI=1S/C15H21ClO2/c1-10-7-13(11(2)12(3)14(10)17-4)15(5-6-16)8-18-9-15/h7H,5-6,8-9H2,1-4H3. The van der Waals surface area contributed by atoms with E-state index in [1.54, 1.807) is 7.11 Å². The Morgan fingerprint density at radius 2 is 1.94 bits per heavy atom. The maximum absolute atomic E-state index is 5.96. The van der Waals surface area contributed by atoms with Gasteiger partial charge in [-0.3, -0.25) is 0 Å². The van der Waals surface area contributed by atoms with E-state index in [0.717, 1.165) is 25.4 Å². The van der Waals surface area contributed by atoms with E-state index < -0.39 is 0 Å². The molecule has 0 aromatic heterocycles. The van der Waals surface area contributed by atoms with Gasteiger partial charge in [-0.15, -0.1) is 11.6 Å². The number of ether oxygens (including phenoxy) is 2. The fraction of sp³-hybridized carbons (Fsp3) is 0.600. The van der Waals surface area contributed by atoms with Crippen LogP contribution in [-0.2, 0) is 10.2 Å². The van der Waals surface area contributed by atoms with Crippen molar-refractivity contribution in [3.05, 3.63) is 28.3 Å². The lowest BCUT2D eigenvalue weighted by Gasteiger charge is -2.43. The zero-order chi connectivity index (χ0) is 13.3. The molecule has 1 aliphatic heterocycles. The first-order valence-electron chi connectivity index (χ1n) is 6.34. The average molecular weight is 269 g/mol. The largest absolute Gasteiger partial charge is 0.496 e. The van der Waals surface area contributed by atoms with E-state index in [1.165, 1.54) is 22.3 Å². The van der Waals surface area contributed by atoms with Crippen LogP contribution in [0.15, 0.2) is 6.07 Å². The molecule has 100 valence electrons. The first-order valence-corrected chi connectivity index (χ1v) is 6.88. The number of benzene rings is 1. The van der Waals surface area contributed by atoms with E-state index in [2.05, 4.69) is 26.8 Å². The summed E-state index contributed by atoms with van der Waals surface area (Å²) in [4.78, 5) is 0.